The Labute approximate surface area is 222 Å². The molecular formula is C26H35BF2N4O5. The Morgan fingerprint density at radius 2 is 2.03 bits per heavy atom. The van der Waals surface area contributed by atoms with Gasteiger partial charge in [-0.1, -0.05) is 30.3 Å². The number of amides is 2. The Morgan fingerprint density at radius 3 is 2.63 bits per heavy atom. The first-order valence-electron chi connectivity index (χ1n) is 12.8. The number of alkyl halides is 2. The maximum Gasteiger partial charge on any atom is 0.475 e. The molecule has 2 heterocycles. The number of ether oxygens (including phenoxy) is 1. The quantitative estimate of drug-likeness (QED) is 0.253. The summed E-state index contributed by atoms with van der Waals surface area (Å²) >= 11 is 0. The van der Waals surface area contributed by atoms with E-state index >= 15 is 0 Å². The Bertz CT molecular complexity index is 1050. The lowest BCUT2D eigenvalue weighted by Crippen LogP contribution is -2.48. The van der Waals surface area contributed by atoms with E-state index in [1.54, 1.807) is 18.7 Å². The zero-order valence-electron chi connectivity index (χ0n) is 21.8. The number of carbonyl (C=O) groups is 2. The van der Waals surface area contributed by atoms with Gasteiger partial charge in [0.15, 0.2) is 0 Å². The number of nitrogens with one attached hydrogen (secondary N) is 1. The van der Waals surface area contributed by atoms with Crippen LogP contribution in [0.4, 0.5) is 13.6 Å². The number of alkyl carbamates (subject to hydrolysis) is 1. The lowest BCUT2D eigenvalue weighted by molar-refractivity contribution is -0.128. The zero-order valence-corrected chi connectivity index (χ0v) is 21.8. The van der Waals surface area contributed by atoms with Crippen molar-refractivity contribution in [3.05, 3.63) is 47.5 Å². The maximum atomic E-state index is 13.7. The maximum absolute atomic E-state index is 13.7. The van der Waals surface area contributed by atoms with E-state index in [1.807, 2.05) is 36.4 Å². The standard InChI is InChI=1S/C26H35BF2N4O5/c1-25(2,33-12-10-26(28,29)18-33)14-21(15-30)23(34)32-11-6-9-20(16-32)17-38-24(35)31-22(27(36)37)13-19-7-4-3-5-8-19/h3-5,7-8,14,20,22,36-37H,6,9-13,16-18H2,1-2H3,(H,31,35)/t20-,22?/m0/s1. The van der Waals surface area contributed by atoms with Gasteiger partial charge in [0, 0.05) is 37.5 Å². The first kappa shape index (κ1) is 29.5. The molecule has 1 unspecified atom stereocenters. The normalized spacial score (nSPS) is 20.9. The molecule has 0 aromatic heterocycles. The van der Waals surface area contributed by atoms with E-state index in [0.29, 0.717) is 19.4 Å². The fraction of sp³-hybridized carbons (Fsp3) is 0.577. The third-order valence-electron chi connectivity index (χ3n) is 7.05. The molecule has 2 aliphatic rings. The summed E-state index contributed by atoms with van der Waals surface area (Å²) in [7, 11) is -1.78. The summed E-state index contributed by atoms with van der Waals surface area (Å²) < 4.78 is 32.7. The largest absolute Gasteiger partial charge is 0.475 e. The molecule has 0 aliphatic carbocycles. The van der Waals surface area contributed by atoms with Gasteiger partial charge in [-0.05, 0) is 44.7 Å². The number of halogens is 2. The average molecular weight is 532 g/mol. The molecular weight excluding hydrogens is 497 g/mol. The molecule has 0 saturated carbocycles. The lowest BCUT2D eigenvalue weighted by atomic mass is 9.76. The molecule has 0 spiro atoms. The summed E-state index contributed by atoms with van der Waals surface area (Å²) in [6, 6.07) is 11.0. The van der Waals surface area contributed by atoms with E-state index in [9.17, 15) is 33.7 Å². The monoisotopic (exact) mass is 532 g/mol. The van der Waals surface area contributed by atoms with Crippen molar-refractivity contribution in [3.8, 4) is 6.07 Å². The van der Waals surface area contributed by atoms with Crippen LogP contribution in [0.1, 0.15) is 38.7 Å². The minimum atomic E-state index is -2.79. The number of rotatable bonds is 9. The molecule has 1 aromatic rings. The molecule has 3 rings (SSSR count). The van der Waals surface area contributed by atoms with Crippen LogP contribution in [-0.2, 0) is 16.0 Å². The highest BCUT2D eigenvalue weighted by molar-refractivity contribution is 6.43. The highest BCUT2D eigenvalue weighted by Gasteiger charge is 2.43. The summed E-state index contributed by atoms with van der Waals surface area (Å²) in [4.78, 5) is 28.6. The second kappa shape index (κ2) is 12.7. The molecule has 2 saturated heterocycles. The molecule has 206 valence electrons. The summed E-state index contributed by atoms with van der Waals surface area (Å²) in [5, 5.41) is 31.4. The van der Waals surface area contributed by atoms with Gasteiger partial charge in [-0.15, -0.1) is 0 Å². The average Bonchev–Trinajstić information content (AvgIpc) is 3.26. The van der Waals surface area contributed by atoms with Crippen molar-refractivity contribution in [2.45, 2.75) is 56.9 Å². The van der Waals surface area contributed by atoms with E-state index in [4.69, 9.17) is 4.74 Å². The SMILES string of the molecule is CC(C)(C=C(C#N)C(=O)N1CCC[C@H](COC(=O)NC(Cc2ccccc2)B(O)O)C1)N1CCC(F)(F)C1. The second-order valence-corrected chi connectivity index (χ2v) is 10.6. The topological polar surface area (TPSA) is 126 Å². The Hall–Kier alpha value is -3.01. The highest BCUT2D eigenvalue weighted by atomic mass is 19.3. The molecule has 38 heavy (non-hydrogen) atoms. The summed E-state index contributed by atoms with van der Waals surface area (Å²) in [5.74, 6) is -4.40. The van der Waals surface area contributed by atoms with Crippen molar-refractivity contribution in [1.29, 1.82) is 5.26 Å². The van der Waals surface area contributed by atoms with Gasteiger partial charge in [0.1, 0.15) is 11.6 Å². The number of hydrogen-bond acceptors (Lipinski definition) is 7. The molecule has 12 heteroatoms. The van der Waals surface area contributed by atoms with Crippen LogP contribution in [0.3, 0.4) is 0 Å². The Morgan fingerprint density at radius 1 is 1.32 bits per heavy atom. The first-order valence-corrected chi connectivity index (χ1v) is 12.8. The van der Waals surface area contributed by atoms with Crippen molar-refractivity contribution >= 4 is 19.1 Å². The number of nitriles is 1. The van der Waals surface area contributed by atoms with Crippen LogP contribution in [0.25, 0.3) is 0 Å². The van der Waals surface area contributed by atoms with Crippen LogP contribution in [0.5, 0.6) is 0 Å². The number of benzene rings is 1. The van der Waals surface area contributed by atoms with Gasteiger partial charge in [-0.25, -0.2) is 13.6 Å². The van der Waals surface area contributed by atoms with Crippen LogP contribution in [0.2, 0.25) is 0 Å². The minimum Gasteiger partial charge on any atom is -0.449 e. The van der Waals surface area contributed by atoms with Crippen LogP contribution >= 0.6 is 0 Å². The van der Waals surface area contributed by atoms with Crippen LogP contribution < -0.4 is 5.32 Å². The predicted molar refractivity (Wildman–Crippen MR) is 137 cm³/mol. The molecule has 2 aliphatic heterocycles. The molecule has 2 atom stereocenters. The van der Waals surface area contributed by atoms with E-state index in [0.717, 1.165) is 5.56 Å². The van der Waals surface area contributed by atoms with E-state index in [2.05, 4.69) is 5.32 Å². The molecule has 3 N–H and O–H groups in total. The molecule has 0 bridgehead atoms. The third-order valence-corrected chi connectivity index (χ3v) is 7.05. The highest BCUT2D eigenvalue weighted by Crippen LogP contribution is 2.33. The Kier molecular flexibility index (Phi) is 9.87. The van der Waals surface area contributed by atoms with Gasteiger partial charge >= 0.3 is 13.2 Å². The third kappa shape index (κ3) is 8.25. The van der Waals surface area contributed by atoms with Gasteiger partial charge in [-0.2, -0.15) is 5.26 Å². The van der Waals surface area contributed by atoms with Crippen molar-refractivity contribution in [1.82, 2.24) is 15.1 Å². The number of nitrogens with zero attached hydrogens (tertiary/aromatic N) is 3. The number of piperidine rings is 1. The van der Waals surface area contributed by atoms with Crippen LogP contribution in [-0.4, -0.2) is 89.2 Å². The fourth-order valence-electron chi connectivity index (χ4n) is 4.86. The Balaban J connectivity index is 1.54. The zero-order chi connectivity index (χ0) is 27.9. The van der Waals surface area contributed by atoms with E-state index in [-0.39, 0.29) is 44.0 Å². The molecule has 0 radical (unpaired) electrons. The molecule has 2 amide bonds. The van der Waals surface area contributed by atoms with Gasteiger partial charge < -0.3 is 25.0 Å². The smallest absolute Gasteiger partial charge is 0.449 e. The van der Waals surface area contributed by atoms with Gasteiger partial charge in [0.2, 0.25) is 0 Å². The predicted octanol–water partition coefficient (Wildman–Crippen LogP) is 2.14. The van der Waals surface area contributed by atoms with E-state index < -0.39 is 43.1 Å². The lowest BCUT2D eigenvalue weighted by Gasteiger charge is -2.35. The van der Waals surface area contributed by atoms with Crippen molar-refractivity contribution in [2.24, 2.45) is 5.92 Å². The van der Waals surface area contributed by atoms with Gasteiger partial charge in [0.05, 0.1) is 19.1 Å². The van der Waals surface area contributed by atoms with E-state index in [1.165, 1.54) is 11.0 Å². The van der Waals surface area contributed by atoms with Gasteiger partial charge in [-0.3, -0.25) is 9.69 Å². The van der Waals surface area contributed by atoms with Gasteiger partial charge in [0.25, 0.3) is 11.8 Å². The summed E-state index contributed by atoms with van der Waals surface area (Å²) in [6.45, 7) is 3.87. The van der Waals surface area contributed by atoms with Crippen LogP contribution in [0.15, 0.2) is 42.0 Å². The van der Waals surface area contributed by atoms with Crippen molar-refractivity contribution in [2.75, 3.05) is 32.8 Å². The van der Waals surface area contributed by atoms with Crippen molar-refractivity contribution in [3.63, 3.8) is 0 Å². The summed E-state index contributed by atoms with van der Waals surface area (Å²) in [5.41, 5.74) is -0.189. The molecule has 9 nitrogen and oxygen atoms in total. The molecule has 1 aromatic carbocycles. The molecule has 2 fully saturated rings. The van der Waals surface area contributed by atoms with Crippen LogP contribution in [0, 0.1) is 17.2 Å². The minimum absolute atomic E-state index is 0.00908. The summed E-state index contributed by atoms with van der Waals surface area (Å²) in [6.07, 6.45) is 1.95. The second-order valence-electron chi connectivity index (χ2n) is 10.6. The number of carbonyl (C=O) groups excluding carboxylic acids is 2. The fourth-order valence-corrected chi connectivity index (χ4v) is 4.86. The first-order chi connectivity index (χ1) is 17.9. The van der Waals surface area contributed by atoms with Crippen molar-refractivity contribution < 1.29 is 33.2 Å². The number of likely N-dealkylation sites (tertiary alicyclic amines) is 2. The number of hydrogen-bond donors (Lipinski definition) is 3.